The Morgan fingerprint density at radius 1 is 1.14 bits per heavy atom. The summed E-state index contributed by atoms with van der Waals surface area (Å²) in [5.74, 6) is -0.153. The minimum Gasteiger partial charge on any atom is -0.350 e. The van der Waals surface area contributed by atoms with E-state index in [0.717, 1.165) is 26.2 Å². The zero-order valence-electron chi connectivity index (χ0n) is 16.3. The van der Waals surface area contributed by atoms with Gasteiger partial charge in [0.05, 0.1) is 11.8 Å². The first-order valence-electron chi connectivity index (χ1n) is 9.33. The number of likely N-dealkylation sites (N-methyl/N-ethyl adjacent to an activating group) is 1. The highest BCUT2D eigenvalue weighted by atomic mass is 32.2. The molecule has 8 heteroatoms. The third kappa shape index (κ3) is 5.88. The number of carbonyl (C=O) groups excluding carboxylic acids is 1. The van der Waals surface area contributed by atoms with Crippen LogP contribution in [0.3, 0.4) is 0 Å². The van der Waals surface area contributed by atoms with E-state index >= 15 is 0 Å². The van der Waals surface area contributed by atoms with E-state index in [-0.39, 0.29) is 17.7 Å². The van der Waals surface area contributed by atoms with Crippen molar-refractivity contribution in [3.63, 3.8) is 0 Å². The smallest absolute Gasteiger partial charge is 0.251 e. The summed E-state index contributed by atoms with van der Waals surface area (Å²) < 4.78 is 22.8. The van der Waals surface area contributed by atoms with Crippen LogP contribution in [0.1, 0.15) is 26.8 Å². The van der Waals surface area contributed by atoms with Crippen molar-refractivity contribution in [1.29, 1.82) is 0 Å². The Hall–Kier alpha value is -1.74. The van der Waals surface area contributed by atoms with Gasteiger partial charge in [0.25, 0.3) is 5.91 Å². The van der Waals surface area contributed by atoms with Crippen LogP contribution in [-0.2, 0) is 15.6 Å². The van der Waals surface area contributed by atoms with Crippen molar-refractivity contribution in [2.75, 3.05) is 46.0 Å². The van der Waals surface area contributed by atoms with Gasteiger partial charge in [-0.25, -0.2) is 8.42 Å². The Morgan fingerprint density at radius 3 is 2.39 bits per heavy atom. The average molecular weight is 422 g/mol. The lowest BCUT2D eigenvalue weighted by atomic mass is 10.1. The maximum atomic E-state index is 12.6. The zero-order chi connectivity index (χ0) is 20.1. The molecule has 0 radical (unpaired) electrons. The third-order valence-corrected chi connectivity index (χ3v) is 6.78. The van der Waals surface area contributed by atoms with Crippen molar-refractivity contribution >= 4 is 27.1 Å². The summed E-state index contributed by atoms with van der Waals surface area (Å²) in [6, 6.07) is 11.1. The molecule has 0 spiro atoms. The van der Waals surface area contributed by atoms with E-state index in [0.29, 0.717) is 17.7 Å². The molecule has 1 amide bonds. The van der Waals surface area contributed by atoms with Crippen molar-refractivity contribution in [2.24, 2.45) is 0 Å². The molecule has 1 atom stereocenters. The molecule has 1 saturated heterocycles. The SMILES string of the molecule is CN1CCN(C(CNC(=O)c2ccc(CS(C)(=O)=O)cc2)c2cccs2)CC1. The Morgan fingerprint density at radius 2 is 1.82 bits per heavy atom. The van der Waals surface area contributed by atoms with Gasteiger partial charge in [-0.05, 0) is 36.2 Å². The Bertz CT molecular complexity index is 872. The molecule has 1 unspecified atom stereocenters. The molecule has 1 aromatic carbocycles. The highest BCUT2D eigenvalue weighted by Crippen LogP contribution is 2.25. The molecule has 0 saturated carbocycles. The topological polar surface area (TPSA) is 69.7 Å². The van der Waals surface area contributed by atoms with Crippen LogP contribution in [0.25, 0.3) is 0 Å². The molecule has 1 fully saturated rings. The molecule has 1 N–H and O–H groups in total. The number of rotatable bonds is 7. The van der Waals surface area contributed by atoms with Crippen molar-refractivity contribution in [1.82, 2.24) is 15.1 Å². The molecular formula is C20H27N3O3S2. The van der Waals surface area contributed by atoms with Crippen LogP contribution >= 0.6 is 11.3 Å². The van der Waals surface area contributed by atoms with E-state index in [2.05, 4.69) is 33.6 Å². The molecule has 1 aliphatic heterocycles. The van der Waals surface area contributed by atoms with Gasteiger partial charge >= 0.3 is 0 Å². The second-order valence-corrected chi connectivity index (χ2v) is 10.5. The number of piperazine rings is 1. The van der Waals surface area contributed by atoms with Gasteiger partial charge in [-0.3, -0.25) is 9.69 Å². The number of carbonyl (C=O) groups is 1. The number of nitrogens with zero attached hydrogens (tertiary/aromatic N) is 2. The zero-order valence-corrected chi connectivity index (χ0v) is 17.9. The number of nitrogens with one attached hydrogen (secondary N) is 1. The molecule has 3 rings (SSSR count). The lowest BCUT2D eigenvalue weighted by Gasteiger charge is -2.37. The molecular weight excluding hydrogens is 394 g/mol. The van der Waals surface area contributed by atoms with Gasteiger partial charge in [0.2, 0.25) is 0 Å². The molecule has 1 aromatic heterocycles. The predicted octanol–water partition coefficient (Wildman–Crippen LogP) is 2.01. The summed E-state index contributed by atoms with van der Waals surface area (Å²) in [6.45, 7) is 4.56. The predicted molar refractivity (Wildman–Crippen MR) is 113 cm³/mol. The lowest BCUT2D eigenvalue weighted by Crippen LogP contribution is -2.48. The number of hydrogen-bond acceptors (Lipinski definition) is 6. The first-order valence-corrected chi connectivity index (χ1v) is 12.3. The summed E-state index contributed by atoms with van der Waals surface area (Å²) in [5, 5.41) is 5.13. The molecule has 1 aliphatic rings. The Kier molecular flexibility index (Phi) is 6.87. The maximum Gasteiger partial charge on any atom is 0.251 e. The van der Waals surface area contributed by atoms with Crippen LogP contribution in [0.4, 0.5) is 0 Å². The number of benzene rings is 1. The van der Waals surface area contributed by atoms with E-state index in [9.17, 15) is 13.2 Å². The molecule has 28 heavy (non-hydrogen) atoms. The number of sulfone groups is 1. The van der Waals surface area contributed by atoms with E-state index in [1.807, 2.05) is 6.07 Å². The van der Waals surface area contributed by atoms with Crippen molar-refractivity contribution in [2.45, 2.75) is 11.8 Å². The van der Waals surface area contributed by atoms with Crippen LogP contribution in [0.5, 0.6) is 0 Å². The van der Waals surface area contributed by atoms with Crippen molar-refractivity contribution in [3.8, 4) is 0 Å². The summed E-state index contributed by atoms with van der Waals surface area (Å²) in [7, 11) is -0.950. The van der Waals surface area contributed by atoms with E-state index in [1.54, 1.807) is 35.6 Å². The summed E-state index contributed by atoms with van der Waals surface area (Å²) in [6.07, 6.45) is 1.21. The second kappa shape index (κ2) is 9.17. The number of thiophene rings is 1. The fourth-order valence-corrected chi connectivity index (χ4v) is 5.03. The fourth-order valence-electron chi connectivity index (χ4n) is 3.37. The van der Waals surface area contributed by atoms with Crippen molar-refractivity contribution in [3.05, 3.63) is 57.8 Å². The summed E-state index contributed by atoms with van der Waals surface area (Å²) in [5.41, 5.74) is 1.23. The lowest BCUT2D eigenvalue weighted by molar-refractivity contribution is 0.0890. The van der Waals surface area contributed by atoms with Gasteiger partial charge in [-0.2, -0.15) is 0 Å². The van der Waals surface area contributed by atoms with Gasteiger partial charge in [0.15, 0.2) is 9.84 Å². The molecule has 0 bridgehead atoms. The minimum atomic E-state index is -3.08. The quantitative estimate of drug-likeness (QED) is 0.741. The van der Waals surface area contributed by atoms with Crippen LogP contribution in [0.15, 0.2) is 41.8 Å². The van der Waals surface area contributed by atoms with E-state index < -0.39 is 9.84 Å². The monoisotopic (exact) mass is 421 g/mol. The molecule has 2 heterocycles. The largest absolute Gasteiger partial charge is 0.350 e. The maximum absolute atomic E-state index is 12.6. The van der Waals surface area contributed by atoms with Gasteiger partial charge in [-0.1, -0.05) is 18.2 Å². The molecule has 6 nitrogen and oxygen atoms in total. The number of amides is 1. The first kappa shape index (κ1) is 21.0. The fraction of sp³-hybridized carbons (Fsp3) is 0.450. The second-order valence-electron chi connectivity index (χ2n) is 7.35. The standard InChI is InChI=1S/C20H27N3O3S2/c1-22-9-11-23(12-10-22)18(19-4-3-13-27-19)14-21-20(24)17-7-5-16(6-8-17)15-28(2,25)26/h3-8,13,18H,9-12,14-15H2,1-2H3,(H,21,24). The van der Waals surface area contributed by atoms with Crippen LogP contribution in [-0.4, -0.2) is 70.2 Å². The highest BCUT2D eigenvalue weighted by molar-refractivity contribution is 7.89. The summed E-state index contributed by atoms with van der Waals surface area (Å²) in [4.78, 5) is 18.6. The number of hydrogen-bond donors (Lipinski definition) is 1. The molecule has 2 aromatic rings. The first-order chi connectivity index (χ1) is 13.3. The van der Waals surface area contributed by atoms with Gasteiger partial charge < -0.3 is 10.2 Å². The van der Waals surface area contributed by atoms with E-state index in [1.165, 1.54) is 11.1 Å². The Labute approximate surface area is 171 Å². The Balaban J connectivity index is 1.63. The van der Waals surface area contributed by atoms with Gasteiger partial charge in [0.1, 0.15) is 0 Å². The van der Waals surface area contributed by atoms with E-state index in [4.69, 9.17) is 0 Å². The van der Waals surface area contributed by atoms with Crippen LogP contribution < -0.4 is 5.32 Å². The normalized spacial score (nSPS) is 17.4. The highest BCUT2D eigenvalue weighted by Gasteiger charge is 2.25. The van der Waals surface area contributed by atoms with Crippen LogP contribution in [0, 0.1) is 0 Å². The molecule has 0 aliphatic carbocycles. The van der Waals surface area contributed by atoms with Gasteiger partial charge in [0, 0.05) is 49.4 Å². The average Bonchev–Trinajstić information content (AvgIpc) is 3.17. The third-order valence-electron chi connectivity index (χ3n) is 4.95. The van der Waals surface area contributed by atoms with Crippen molar-refractivity contribution < 1.29 is 13.2 Å². The summed E-state index contributed by atoms with van der Waals surface area (Å²) >= 11 is 1.72. The van der Waals surface area contributed by atoms with Crippen LogP contribution in [0.2, 0.25) is 0 Å². The van der Waals surface area contributed by atoms with Gasteiger partial charge in [-0.15, -0.1) is 11.3 Å². The minimum absolute atomic E-state index is 0.0151. The molecule has 152 valence electrons.